The van der Waals surface area contributed by atoms with Gasteiger partial charge < -0.3 is 10.8 Å². The number of carbonyl (C=O) groups excluding carboxylic acids is 1. The number of hydrogen-bond acceptors (Lipinski definition) is 6. The molecule has 0 spiro atoms. The number of primary amides is 1. The molecule has 1 aromatic carbocycles. The summed E-state index contributed by atoms with van der Waals surface area (Å²) in [6.45, 7) is 1.79. The lowest BCUT2D eigenvalue weighted by atomic mass is 10.1. The Balaban J connectivity index is 1.92. The van der Waals surface area contributed by atoms with Crippen molar-refractivity contribution < 1.29 is 19.1 Å². The molecule has 0 aliphatic rings. The van der Waals surface area contributed by atoms with E-state index in [0.717, 1.165) is 21.9 Å². The summed E-state index contributed by atoms with van der Waals surface area (Å²) < 4.78 is 15.5. The van der Waals surface area contributed by atoms with E-state index < -0.39 is 17.7 Å². The van der Waals surface area contributed by atoms with Gasteiger partial charge in [-0.05, 0) is 24.6 Å². The van der Waals surface area contributed by atoms with Crippen LogP contribution in [0.5, 0.6) is 0 Å². The van der Waals surface area contributed by atoms with Crippen LogP contribution < -0.4 is 5.73 Å². The Hall–Kier alpha value is -1.97. The number of thioether (sulfide) groups is 1. The summed E-state index contributed by atoms with van der Waals surface area (Å²) in [5.41, 5.74) is 6.40. The number of nitrogens with two attached hydrogens (primary N) is 1. The highest BCUT2D eigenvalue weighted by Crippen LogP contribution is 2.38. The molecule has 2 heterocycles. The molecular weight excluding hydrogens is 383 g/mol. The summed E-state index contributed by atoms with van der Waals surface area (Å²) >= 11 is 3.74. The molecule has 2 aromatic heterocycles. The van der Waals surface area contributed by atoms with Crippen LogP contribution in [0.15, 0.2) is 22.5 Å². The number of aryl methyl sites for hydroxylation is 1. The lowest BCUT2D eigenvalue weighted by Gasteiger charge is -2.01. The maximum Gasteiger partial charge on any atom is 0.346 e. The third kappa shape index (κ3) is 3.68. The Bertz CT molecular complexity index is 981. The van der Waals surface area contributed by atoms with Crippen molar-refractivity contribution in [3.8, 4) is 0 Å². The van der Waals surface area contributed by atoms with Crippen LogP contribution in [0.3, 0.4) is 0 Å². The van der Waals surface area contributed by atoms with Gasteiger partial charge in [0.05, 0.1) is 12.1 Å². The quantitative estimate of drug-likeness (QED) is 0.618. The number of nitrogens with zero attached hydrogens (tertiary/aromatic N) is 1. The van der Waals surface area contributed by atoms with Crippen LogP contribution in [-0.2, 0) is 17.0 Å². The van der Waals surface area contributed by atoms with Crippen LogP contribution in [0.25, 0.3) is 10.1 Å². The molecule has 0 aliphatic heterocycles. The third-order valence-corrected chi connectivity index (χ3v) is 7.02. The number of aromatic carboxylic acids is 1. The molecule has 9 heteroatoms. The van der Waals surface area contributed by atoms with Gasteiger partial charge in [0.1, 0.15) is 10.7 Å². The Labute approximate surface area is 154 Å². The van der Waals surface area contributed by atoms with Gasteiger partial charge in [-0.3, -0.25) is 4.79 Å². The molecule has 0 saturated heterocycles. The first-order chi connectivity index (χ1) is 11.9. The van der Waals surface area contributed by atoms with E-state index in [4.69, 9.17) is 5.73 Å². The highest BCUT2D eigenvalue weighted by Gasteiger charge is 2.21. The first-order valence-corrected chi connectivity index (χ1v) is 9.79. The summed E-state index contributed by atoms with van der Waals surface area (Å²) in [5, 5.41) is 9.77. The number of halogens is 1. The molecule has 130 valence electrons. The molecular formula is C16H13FN2O3S3. The number of rotatable bonds is 6. The zero-order chi connectivity index (χ0) is 18.1. The summed E-state index contributed by atoms with van der Waals surface area (Å²) in [5.74, 6) is -1.64. The summed E-state index contributed by atoms with van der Waals surface area (Å²) in [7, 11) is 0. The van der Waals surface area contributed by atoms with Gasteiger partial charge >= 0.3 is 5.97 Å². The molecule has 0 bridgehead atoms. The van der Waals surface area contributed by atoms with Crippen LogP contribution in [0.4, 0.5) is 4.39 Å². The third-order valence-electron chi connectivity index (χ3n) is 3.51. The number of carboxylic acid groups (broad SMARTS) is 1. The van der Waals surface area contributed by atoms with E-state index in [0.29, 0.717) is 20.0 Å². The summed E-state index contributed by atoms with van der Waals surface area (Å²) in [6.07, 6.45) is 0.125. The Morgan fingerprint density at radius 2 is 2.12 bits per heavy atom. The van der Waals surface area contributed by atoms with E-state index >= 15 is 0 Å². The second kappa shape index (κ2) is 7.11. The normalized spacial score (nSPS) is 11.1. The summed E-state index contributed by atoms with van der Waals surface area (Å²) in [4.78, 5) is 27.9. The van der Waals surface area contributed by atoms with Crippen molar-refractivity contribution in [3.63, 3.8) is 0 Å². The van der Waals surface area contributed by atoms with Crippen molar-refractivity contribution in [3.05, 3.63) is 45.0 Å². The average molecular weight is 396 g/mol. The van der Waals surface area contributed by atoms with E-state index in [-0.39, 0.29) is 17.1 Å². The number of hydrogen-bond donors (Lipinski definition) is 2. The maximum atomic E-state index is 14.2. The molecule has 0 atom stereocenters. The van der Waals surface area contributed by atoms with Crippen molar-refractivity contribution in [2.24, 2.45) is 5.73 Å². The molecule has 3 aromatic rings. The molecule has 0 saturated carbocycles. The van der Waals surface area contributed by atoms with Gasteiger partial charge in [0, 0.05) is 20.7 Å². The second-order valence-corrected chi connectivity index (χ2v) is 8.61. The fraction of sp³-hybridized carbons (Fsp3) is 0.188. The molecule has 0 fully saturated rings. The molecule has 0 radical (unpaired) electrons. The van der Waals surface area contributed by atoms with Crippen molar-refractivity contribution in [1.82, 2.24) is 4.98 Å². The van der Waals surface area contributed by atoms with Crippen molar-refractivity contribution in [2.45, 2.75) is 23.4 Å². The van der Waals surface area contributed by atoms with Gasteiger partial charge in [-0.25, -0.2) is 14.2 Å². The maximum absolute atomic E-state index is 14.2. The predicted molar refractivity (Wildman–Crippen MR) is 98.1 cm³/mol. The first-order valence-electron chi connectivity index (χ1n) is 7.17. The largest absolute Gasteiger partial charge is 0.477 e. The van der Waals surface area contributed by atoms with Gasteiger partial charge in [-0.15, -0.1) is 22.7 Å². The monoisotopic (exact) mass is 396 g/mol. The predicted octanol–water partition coefficient (Wildman–Crippen LogP) is 3.82. The van der Waals surface area contributed by atoms with Crippen LogP contribution in [0.1, 0.15) is 25.8 Å². The zero-order valence-electron chi connectivity index (χ0n) is 13.0. The fourth-order valence-electron chi connectivity index (χ4n) is 2.40. The molecule has 0 unspecified atom stereocenters. The van der Waals surface area contributed by atoms with E-state index in [1.165, 1.54) is 29.2 Å². The smallest absolute Gasteiger partial charge is 0.346 e. The Kier molecular flexibility index (Phi) is 5.07. The number of carbonyl (C=O) groups is 2. The molecule has 5 nitrogen and oxygen atoms in total. The topological polar surface area (TPSA) is 93.3 Å². The highest BCUT2D eigenvalue weighted by atomic mass is 32.2. The highest BCUT2D eigenvalue weighted by molar-refractivity contribution is 8.00. The van der Waals surface area contributed by atoms with Crippen LogP contribution in [0, 0.1) is 12.7 Å². The minimum Gasteiger partial charge on any atom is -0.477 e. The van der Waals surface area contributed by atoms with Crippen LogP contribution in [0.2, 0.25) is 0 Å². The minimum absolute atomic E-state index is 0.125. The Morgan fingerprint density at radius 1 is 1.36 bits per heavy atom. The molecule has 25 heavy (non-hydrogen) atoms. The van der Waals surface area contributed by atoms with E-state index in [1.54, 1.807) is 19.1 Å². The van der Waals surface area contributed by atoms with Crippen molar-refractivity contribution in [2.75, 3.05) is 0 Å². The van der Waals surface area contributed by atoms with Crippen LogP contribution >= 0.6 is 34.4 Å². The second-order valence-electron chi connectivity index (χ2n) is 5.25. The van der Waals surface area contributed by atoms with Crippen molar-refractivity contribution in [1.29, 1.82) is 0 Å². The fourth-order valence-corrected chi connectivity index (χ4v) is 5.84. The standard InChI is InChI=1S/C16H13FN2O3S3/c1-7-11(5-12(18)20)25-16(19-7)23-6-8-13-9(17)3-2-4-10(13)24-14(8)15(21)22/h2-4H,5-6H2,1H3,(H2,18,20)(H,21,22). The number of amides is 1. The average Bonchev–Trinajstić information content (AvgIpc) is 3.07. The number of carboxylic acids is 1. The van der Waals surface area contributed by atoms with E-state index in [1.807, 2.05) is 0 Å². The summed E-state index contributed by atoms with van der Waals surface area (Å²) in [6, 6.07) is 4.60. The van der Waals surface area contributed by atoms with Gasteiger partial charge in [0.2, 0.25) is 5.91 Å². The van der Waals surface area contributed by atoms with E-state index in [9.17, 15) is 19.1 Å². The lowest BCUT2D eigenvalue weighted by Crippen LogP contribution is -2.13. The van der Waals surface area contributed by atoms with E-state index in [2.05, 4.69) is 4.98 Å². The van der Waals surface area contributed by atoms with Crippen molar-refractivity contribution >= 4 is 56.4 Å². The minimum atomic E-state index is -1.07. The number of fused-ring (bicyclic) bond motifs is 1. The molecule has 0 aliphatic carbocycles. The number of thiazole rings is 1. The van der Waals surface area contributed by atoms with Gasteiger partial charge in [0.25, 0.3) is 0 Å². The first kappa shape index (κ1) is 17.8. The lowest BCUT2D eigenvalue weighted by molar-refractivity contribution is -0.117. The molecule has 1 amide bonds. The van der Waals surface area contributed by atoms with Crippen LogP contribution in [-0.4, -0.2) is 22.0 Å². The molecule has 3 rings (SSSR count). The number of aromatic nitrogens is 1. The number of benzene rings is 1. The van der Waals surface area contributed by atoms with Gasteiger partial charge in [0.15, 0.2) is 4.34 Å². The Morgan fingerprint density at radius 3 is 2.80 bits per heavy atom. The zero-order valence-corrected chi connectivity index (χ0v) is 15.5. The van der Waals surface area contributed by atoms with Gasteiger partial charge in [-0.1, -0.05) is 17.8 Å². The van der Waals surface area contributed by atoms with Gasteiger partial charge in [-0.2, -0.15) is 0 Å². The molecule has 3 N–H and O–H groups in total. The SMILES string of the molecule is Cc1nc(SCc2c(C(=O)O)sc3cccc(F)c23)sc1CC(N)=O. The number of thiophene rings is 1.